The maximum Gasteiger partial charge on any atom is 0.292 e. The summed E-state index contributed by atoms with van der Waals surface area (Å²) < 4.78 is 5.85. The molecule has 0 atom stereocenters. The van der Waals surface area contributed by atoms with Crippen molar-refractivity contribution < 1.29 is 14.1 Å². The summed E-state index contributed by atoms with van der Waals surface area (Å²) in [6.07, 6.45) is 6.41. The second-order valence-electron chi connectivity index (χ2n) is 9.43. The number of benzene rings is 2. The van der Waals surface area contributed by atoms with Gasteiger partial charge in [0.2, 0.25) is 5.91 Å². The van der Waals surface area contributed by atoms with E-state index in [1.54, 1.807) is 41.3 Å². The van der Waals surface area contributed by atoms with Crippen LogP contribution in [0.25, 0.3) is 17.4 Å². The highest BCUT2D eigenvalue weighted by atomic mass is 35.5. The molecular formula is C28H28Cl2N4O4. The van der Waals surface area contributed by atoms with Crippen LogP contribution in [0.5, 0.6) is 0 Å². The van der Waals surface area contributed by atoms with Crippen molar-refractivity contribution in [3.63, 3.8) is 0 Å². The zero-order chi connectivity index (χ0) is 26.6. The van der Waals surface area contributed by atoms with Gasteiger partial charge in [-0.1, -0.05) is 29.3 Å². The van der Waals surface area contributed by atoms with Crippen LogP contribution in [0.2, 0.25) is 10.0 Å². The van der Waals surface area contributed by atoms with Gasteiger partial charge in [-0.05, 0) is 61.7 Å². The minimum absolute atomic E-state index is 0.0962. The third kappa shape index (κ3) is 5.66. The lowest BCUT2D eigenvalue weighted by atomic mass is 10.1. The van der Waals surface area contributed by atoms with E-state index in [1.807, 2.05) is 18.2 Å². The number of carbonyl (C=O) groups excluding carboxylic acids is 1. The molecule has 2 aromatic carbocycles. The molecule has 0 radical (unpaired) electrons. The lowest BCUT2D eigenvalue weighted by Crippen LogP contribution is -2.48. The highest BCUT2D eigenvalue weighted by Gasteiger charge is 2.25. The third-order valence-corrected chi connectivity index (χ3v) is 7.86. The Bertz CT molecular complexity index is 1360. The van der Waals surface area contributed by atoms with Gasteiger partial charge in [-0.15, -0.1) is 0 Å². The van der Waals surface area contributed by atoms with Crippen molar-refractivity contribution >= 4 is 52.2 Å². The van der Waals surface area contributed by atoms with Gasteiger partial charge in [0.25, 0.3) is 5.69 Å². The van der Waals surface area contributed by atoms with Crippen molar-refractivity contribution in [1.82, 2.24) is 4.90 Å². The predicted molar refractivity (Wildman–Crippen MR) is 151 cm³/mol. The summed E-state index contributed by atoms with van der Waals surface area (Å²) >= 11 is 12.4. The van der Waals surface area contributed by atoms with E-state index >= 15 is 0 Å². The van der Waals surface area contributed by atoms with Crippen LogP contribution in [0.3, 0.4) is 0 Å². The first-order chi connectivity index (χ1) is 18.4. The fraction of sp³-hybridized carbons (Fsp3) is 0.321. The molecule has 0 bridgehead atoms. The molecule has 38 heavy (non-hydrogen) atoms. The fourth-order valence-electron chi connectivity index (χ4n) is 4.98. The Balaban J connectivity index is 1.21. The first-order valence-electron chi connectivity index (χ1n) is 12.7. The predicted octanol–water partition coefficient (Wildman–Crippen LogP) is 6.51. The number of furan rings is 1. The number of nitro groups is 1. The quantitative estimate of drug-likeness (QED) is 0.196. The molecule has 0 saturated carbocycles. The molecule has 3 aromatic rings. The van der Waals surface area contributed by atoms with Crippen molar-refractivity contribution in [3.05, 3.63) is 80.5 Å². The molecule has 0 unspecified atom stereocenters. The van der Waals surface area contributed by atoms with Crippen LogP contribution in [0.1, 0.15) is 25.0 Å². The van der Waals surface area contributed by atoms with Crippen molar-refractivity contribution in [1.29, 1.82) is 0 Å². The molecular weight excluding hydrogens is 527 g/mol. The SMILES string of the molecule is O=C(C=Cc1ccc(-c2cccc(Cl)c2Cl)o1)N1CCN(c2ccc([N+](=O)[O-])c(N3CCCCC3)c2)CC1. The first-order valence-corrected chi connectivity index (χ1v) is 13.5. The standard InChI is InChI=1S/C28H28Cl2N4O4/c29-23-6-4-5-22(28(23)30)26-11-8-21(38-26)9-12-27(35)33-17-15-31(16-18-33)20-7-10-24(34(36)37)25(19-20)32-13-2-1-3-14-32/h4-12,19H,1-3,13-18H2. The number of hydrogen-bond donors (Lipinski definition) is 0. The van der Waals surface area contributed by atoms with Gasteiger partial charge in [0.05, 0.1) is 15.0 Å². The van der Waals surface area contributed by atoms with Gasteiger partial charge in [-0.3, -0.25) is 14.9 Å². The van der Waals surface area contributed by atoms with E-state index in [9.17, 15) is 14.9 Å². The number of piperazine rings is 1. The van der Waals surface area contributed by atoms with E-state index in [2.05, 4.69) is 9.80 Å². The topological polar surface area (TPSA) is 83.1 Å². The molecule has 198 valence electrons. The van der Waals surface area contributed by atoms with Gasteiger partial charge in [0, 0.05) is 62.7 Å². The maximum absolute atomic E-state index is 12.8. The van der Waals surface area contributed by atoms with Crippen molar-refractivity contribution in [2.24, 2.45) is 0 Å². The lowest BCUT2D eigenvalue weighted by molar-refractivity contribution is -0.384. The summed E-state index contributed by atoms with van der Waals surface area (Å²) in [4.78, 5) is 30.3. The second kappa shape index (κ2) is 11.5. The van der Waals surface area contributed by atoms with Gasteiger partial charge >= 0.3 is 0 Å². The van der Waals surface area contributed by atoms with Gasteiger partial charge in [-0.25, -0.2) is 0 Å². The van der Waals surface area contributed by atoms with Crippen LogP contribution >= 0.6 is 23.2 Å². The molecule has 0 N–H and O–H groups in total. The van der Waals surface area contributed by atoms with Crippen molar-refractivity contribution in [2.45, 2.75) is 19.3 Å². The number of nitro benzene ring substituents is 1. The maximum atomic E-state index is 12.8. The van der Waals surface area contributed by atoms with E-state index < -0.39 is 0 Å². The highest BCUT2D eigenvalue weighted by molar-refractivity contribution is 6.43. The van der Waals surface area contributed by atoms with E-state index in [0.717, 1.165) is 38.0 Å². The van der Waals surface area contributed by atoms with Crippen LogP contribution in [-0.2, 0) is 4.79 Å². The van der Waals surface area contributed by atoms with E-state index in [1.165, 1.54) is 6.08 Å². The number of nitrogens with zero attached hydrogens (tertiary/aromatic N) is 4. The number of piperidine rings is 1. The second-order valence-corrected chi connectivity index (χ2v) is 10.2. The number of halogens is 2. The van der Waals surface area contributed by atoms with Crippen LogP contribution in [-0.4, -0.2) is 55.0 Å². The average Bonchev–Trinajstić information content (AvgIpc) is 3.42. The van der Waals surface area contributed by atoms with Crippen LogP contribution < -0.4 is 9.80 Å². The Labute approximate surface area is 231 Å². The largest absolute Gasteiger partial charge is 0.457 e. The minimum atomic E-state index is -0.303. The molecule has 2 aliphatic heterocycles. The highest BCUT2D eigenvalue weighted by Crippen LogP contribution is 2.36. The molecule has 3 heterocycles. The van der Waals surface area contributed by atoms with Gasteiger partial charge < -0.3 is 19.1 Å². The van der Waals surface area contributed by atoms with Crippen LogP contribution in [0.15, 0.2) is 59.0 Å². The summed E-state index contributed by atoms with van der Waals surface area (Å²) in [6.45, 7) is 4.08. The molecule has 2 fully saturated rings. The molecule has 1 amide bonds. The summed E-state index contributed by atoms with van der Waals surface area (Å²) in [5, 5.41) is 12.5. The molecule has 8 nitrogen and oxygen atoms in total. The summed E-state index contributed by atoms with van der Waals surface area (Å²) in [5.74, 6) is 1.02. The zero-order valence-electron chi connectivity index (χ0n) is 20.8. The first kappa shape index (κ1) is 26.1. The van der Waals surface area contributed by atoms with E-state index in [4.69, 9.17) is 27.6 Å². The Morgan fingerprint density at radius 1 is 0.921 bits per heavy atom. The molecule has 2 saturated heterocycles. The summed E-state index contributed by atoms with van der Waals surface area (Å²) in [6, 6.07) is 14.3. The number of carbonyl (C=O) groups is 1. The molecule has 1 aromatic heterocycles. The van der Waals surface area contributed by atoms with Crippen LogP contribution in [0, 0.1) is 10.1 Å². The van der Waals surface area contributed by atoms with E-state index in [0.29, 0.717) is 59.0 Å². The van der Waals surface area contributed by atoms with E-state index in [-0.39, 0.29) is 16.5 Å². The normalized spacial score (nSPS) is 16.3. The zero-order valence-corrected chi connectivity index (χ0v) is 22.3. The molecule has 10 heteroatoms. The molecule has 0 aliphatic carbocycles. The molecule has 0 spiro atoms. The average molecular weight is 555 g/mol. The molecule has 5 rings (SSSR count). The Hall–Kier alpha value is -3.49. The number of rotatable bonds is 6. The Kier molecular flexibility index (Phi) is 7.90. The molecule has 2 aliphatic rings. The summed E-state index contributed by atoms with van der Waals surface area (Å²) in [7, 11) is 0. The number of amides is 1. The van der Waals surface area contributed by atoms with Crippen LogP contribution in [0.4, 0.5) is 17.1 Å². The van der Waals surface area contributed by atoms with Gasteiger partial charge in [0.1, 0.15) is 17.2 Å². The third-order valence-electron chi connectivity index (χ3n) is 7.04. The monoisotopic (exact) mass is 554 g/mol. The lowest BCUT2D eigenvalue weighted by Gasteiger charge is -2.36. The number of hydrogen-bond acceptors (Lipinski definition) is 6. The fourth-order valence-corrected chi connectivity index (χ4v) is 5.37. The van der Waals surface area contributed by atoms with Gasteiger partial charge in [0.15, 0.2) is 0 Å². The van der Waals surface area contributed by atoms with Gasteiger partial charge in [-0.2, -0.15) is 0 Å². The number of anilines is 2. The van der Waals surface area contributed by atoms with Crippen molar-refractivity contribution in [2.75, 3.05) is 49.1 Å². The minimum Gasteiger partial charge on any atom is -0.457 e. The Morgan fingerprint density at radius 2 is 1.68 bits per heavy atom. The van der Waals surface area contributed by atoms with Crippen molar-refractivity contribution in [3.8, 4) is 11.3 Å². The Morgan fingerprint density at radius 3 is 2.42 bits per heavy atom. The summed E-state index contributed by atoms with van der Waals surface area (Å²) in [5.41, 5.74) is 2.47. The smallest absolute Gasteiger partial charge is 0.292 e.